The van der Waals surface area contributed by atoms with Crippen molar-refractivity contribution in [3.05, 3.63) is 29.8 Å². The van der Waals surface area contributed by atoms with Crippen molar-refractivity contribution in [1.82, 2.24) is 4.90 Å². The fraction of sp³-hybridized carbons (Fsp3) is 0.600. The van der Waals surface area contributed by atoms with Crippen molar-refractivity contribution in [3.63, 3.8) is 0 Å². The van der Waals surface area contributed by atoms with E-state index in [1.54, 1.807) is 0 Å². The average Bonchev–Trinajstić information content (AvgIpc) is 2.40. The number of ether oxygens (including phenoxy) is 1. The first kappa shape index (κ1) is 13.4. The van der Waals surface area contributed by atoms with E-state index >= 15 is 0 Å². The summed E-state index contributed by atoms with van der Waals surface area (Å²) in [6.45, 7) is 10.5. The van der Waals surface area contributed by atoms with Gasteiger partial charge in [-0.25, -0.2) is 0 Å². The van der Waals surface area contributed by atoms with Crippen LogP contribution in [0.25, 0.3) is 0 Å². The average molecular weight is 248 g/mol. The minimum atomic E-state index is 0.567. The van der Waals surface area contributed by atoms with Gasteiger partial charge in [0.1, 0.15) is 0 Å². The third-order valence-corrected chi connectivity index (χ3v) is 3.43. The number of nitrogens with zero attached hydrogens (tertiary/aromatic N) is 1. The van der Waals surface area contributed by atoms with E-state index < -0.39 is 0 Å². The van der Waals surface area contributed by atoms with Crippen LogP contribution in [0.5, 0.6) is 0 Å². The topological polar surface area (TPSA) is 24.5 Å². The van der Waals surface area contributed by atoms with Crippen LogP contribution in [0.15, 0.2) is 24.3 Å². The lowest BCUT2D eigenvalue weighted by atomic mass is 10.0. The first-order valence-electron chi connectivity index (χ1n) is 6.90. The number of rotatable bonds is 5. The highest BCUT2D eigenvalue weighted by Crippen LogP contribution is 2.23. The molecule has 0 aromatic heterocycles. The van der Waals surface area contributed by atoms with Crippen molar-refractivity contribution in [2.24, 2.45) is 0 Å². The first-order chi connectivity index (χ1) is 8.77. The number of anilines is 1. The van der Waals surface area contributed by atoms with Crippen molar-refractivity contribution in [3.8, 4) is 0 Å². The first-order valence-corrected chi connectivity index (χ1v) is 6.90. The molecule has 1 saturated heterocycles. The SMILES string of the molecule is CC(C)c1ccccc1NCCN1CCOCC1. The molecule has 1 fully saturated rings. The molecule has 1 aromatic rings. The quantitative estimate of drug-likeness (QED) is 0.866. The van der Waals surface area contributed by atoms with Crippen LogP contribution in [0.3, 0.4) is 0 Å². The number of nitrogens with one attached hydrogen (secondary N) is 1. The summed E-state index contributed by atoms with van der Waals surface area (Å²) < 4.78 is 5.35. The summed E-state index contributed by atoms with van der Waals surface area (Å²) in [4.78, 5) is 2.45. The number of hydrogen-bond donors (Lipinski definition) is 1. The molecule has 0 atom stereocenters. The Morgan fingerprint density at radius 1 is 1.22 bits per heavy atom. The number of morpholine rings is 1. The predicted molar refractivity (Wildman–Crippen MR) is 76.3 cm³/mol. The zero-order valence-corrected chi connectivity index (χ0v) is 11.5. The Bertz CT molecular complexity index is 359. The molecule has 0 radical (unpaired) electrons. The lowest BCUT2D eigenvalue weighted by Gasteiger charge is -2.27. The molecule has 0 amide bonds. The molecule has 0 unspecified atom stereocenters. The van der Waals surface area contributed by atoms with E-state index in [9.17, 15) is 0 Å². The van der Waals surface area contributed by atoms with Crippen LogP contribution in [-0.4, -0.2) is 44.3 Å². The molecule has 18 heavy (non-hydrogen) atoms. The second kappa shape index (κ2) is 6.76. The highest BCUT2D eigenvalue weighted by atomic mass is 16.5. The molecule has 2 rings (SSSR count). The smallest absolute Gasteiger partial charge is 0.0594 e. The van der Waals surface area contributed by atoms with E-state index in [1.807, 2.05) is 0 Å². The summed E-state index contributed by atoms with van der Waals surface area (Å²) in [6.07, 6.45) is 0. The lowest BCUT2D eigenvalue weighted by molar-refractivity contribution is 0.0398. The van der Waals surface area contributed by atoms with Gasteiger partial charge in [0.15, 0.2) is 0 Å². The zero-order chi connectivity index (χ0) is 12.8. The molecular formula is C15H24N2O. The van der Waals surface area contributed by atoms with E-state index in [1.165, 1.54) is 11.3 Å². The third kappa shape index (κ3) is 3.72. The fourth-order valence-electron chi connectivity index (χ4n) is 2.33. The van der Waals surface area contributed by atoms with Crippen LogP contribution in [0.2, 0.25) is 0 Å². The summed E-state index contributed by atoms with van der Waals surface area (Å²) in [5.41, 5.74) is 2.68. The van der Waals surface area contributed by atoms with E-state index in [0.717, 1.165) is 39.4 Å². The summed E-state index contributed by atoms with van der Waals surface area (Å²) in [6, 6.07) is 8.60. The molecule has 0 bridgehead atoms. The molecule has 1 aliphatic rings. The molecule has 100 valence electrons. The van der Waals surface area contributed by atoms with Gasteiger partial charge in [-0.1, -0.05) is 32.0 Å². The Labute approximate surface area is 110 Å². The van der Waals surface area contributed by atoms with Gasteiger partial charge in [-0.05, 0) is 17.5 Å². The van der Waals surface area contributed by atoms with Crippen LogP contribution in [0.4, 0.5) is 5.69 Å². The van der Waals surface area contributed by atoms with Crippen molar-refractivity contribution in [2.45, 2.75) is 19.8 Å². The summed E-state index contributed by atoms with van der Waals surface area (Å²) in [5, 5.41) is 3.56. The van der Waals surface area contributed by atoms with Crippen LogP contribution in [-0.2, 0) is 4.74 Å². The minimum absolute atomic E-state index is 0.567. The van der Waals surface area contributed by atoms with Crippen LogP contribution in [0.1, 0.15) is 25.3 Å². The number of para-hydroxylation sites is 1. The highest BCUT2D eigenvalue weighted by molar-refractivity contribution is 5.52. The van der Waals surface area contributed by atoms with Crippen molar-refractivity contribution < 1.29 is 4.74 Å². The third-order valence-electron chi connectivity index (χ3n) is 3.43. The molecule has 0 aliphatic carbocycles. The van der Waals surface area contributed by atoms with Gasteiger partial charge in [0.05, 0.1) is 13.2 Å². The van der Waals surface area contributed by atoms with Crippen molar-refractivity contribution in [2.75, 3.05) is 44.7 Å². The Morgan fingerprint density at radius 3 is 2.67 bits per heavy atom. The highest BCUT2D eigenvalue weighted by Gasteiger charge is 2.10. The van der Waals surface area contributed by atoms with Crippen LogP contribution < -0.4 is 5.32 Å². The van der Waals surface area contributed by atoms with Gasteiger partial charge in [-0.2, -0.15) is 0 Å². The largest absolute Gasteiger partial charge is 0.384 e. The van der Waals surface area contributed by atoms with Gasteiger partial charge in [0.2, 0.25) is 0 Å². The molecule has 1 heterocycles. The molecule has 0 saturated carbocycles. The molecule has 1 N–H and O–H groups in total. The zero-order valence-electron chi connectivity index (χ0n) is 11.5. The van der Waals surface area contributed by atoms with Gasteiger partial charge < -0.3 is 10.1 Å². The summed E-state index contributed by atoms with van der Waals surface area (Å²) in [7, 11) is 0. The maximum atomic E-state index is 5.35. The fourth-order valence-corrected chi connectivity index (χ4v) is 2.33. The Balaban J connectivity index is 1.82. The van der Waals surface area contributed by atoms with Crippen molar-refractivity contribution in [1.29, 1.82) is 0 Å². The summed E-state index contributed by atoms with van der Waals surface area (Å²) in [5.74, 6) is 0.567. The van der Waals surface area contributed by atoms with E-state index in [0.29, 0.717) is 5.92 Å². The summed E-state index contributed by atoms with van der Waals surface area (Å²) >= 11 is 0. The minimum Gasteiger partial charge on any atom is -0.384 e. The molecule has 3 nitrogen and oxygen atoms in total. The maximum Gasteiger partial charge on any atom is 0.0594 e. The lowest BCUT2D eigenvalue weighted by Crippen LogP contribution is -2.39. The van der Waals surface area contributed by atoms with Gasteiger partial charge >= 0.3 is 0 Å². The van der Waals surface area contributed by atoms with Gasteiger partial charge in [0.25, 0.3) is 0 Å². The van der Waals surface area contributed by atoms with Crippen LogP contribution >= 0.6 is 0 Å². The normalized spacial score (nSPS) is 17.1. The van der Waals surface area contributed by atoms with Crippen molar-refractivity contribution >= 4 is 5.69 Å². The monoisotopic (exact) mass is 248 g/mol. The molecule has 3 heteroatoms. The van der Waals surface area contributed by atoms with E-state index in [-0.39, 0.29) is 0 Å². The Hall–Kier alpha value is -1.06. The molecule has 1 aromatic carbocycles. The molecule has 1 aliphatic heterocycles. The molecule has 0 spiro atoms. The van der Waals surface area contributed by atoms with Gasteiger partial charge in [-0.3, -0.25) is 4.90 Å². The standard InChI is InChI=1S/C15H24N2O/c1-13(2)14-5-3-4-6-15(14)16-7-8-17-9-11-18-12-10-17/h3-6,13,16H,7-12H2,1-2H3. The second-order valence-electron chi connectivity index (χ2n) is 5.12. The number of benzene rings is 1. The van der Waals surface area contributed by atoms with Gasteiger partial charge in [0, 0.05) is 31.9 Å². The molecular weight excluding hydrogens is 224 g/mol. The number of hydrogen-bond acceptors (Lipinski definition) is 3. The Morgan fingerprint density at radius 2 is 1.94 bits per heavy atom. The van der Waals surface area contributed by atoms with Crippen LogP contribution in [0, 0.1) is 0 Å². The van der Waals surface area contributed by atoms with E-state index in [2.05, 4.69) is 48.3 Å². The Kier molecular flexibility index (Phi) is 5.02. The van der Waals surface area contributed by atoms with Gasteiger partial charge in [-0.15, -0.1) is 0 Å². The second-order valence-corrected chi connectivity index (χ2v) is 5.12. The predicted octanol–water partition coefficient (Wildman–Crippen LogP) is 2.55. The van der Waals surface area contributed by atoms with E-state index in [4.69, 9.17) is 4.74 Å². The maximum absolute atomic E-state index is 5.35.